The van der Waals surface area contributed by atoms with Crippen molar-refractivity contribution in [2.45, 2.75) is 0 Å². The molecule has 78 valence electrons. The number of nitrogens with two attached hydrogens (primary N) is 1. The average molecular weight is 206 g/mol. The number of ether oxygens (including phenoxy) is 2. The van der Waals surface area contributed by atoms with Crippen LogP contribution in [0.1, 0.15) is 15.9 Å². The Bertz CT molecular complexity index is 435. The summed E-state index contributed by atoms with van der Waals surface area (Å²) in [7, 11) is 2.68. The lowest BCUT2D eigenvalue weighted by Gasteiger charge is -2.07. The SMILES string of the molecule is COC(=O)c1cc(OC)cc(N)c1C#N. The van der Waals surface area contributed by atoms with Crippen LogP contribution in [0.4, 0.5) is 5.69 Å². The van der Waals surface area contributed by atoms with E-state index >= 15 is 0 Å². The molecule has 0 spiro atoms. The first-order valence-electron chi connectivity index (χ1n) is 4.10. The molecule has 1 aromatic carbocycles. The maximum absolute atomic E-state index is 11.3. The number of esters is 1. The first-order valence-corrected chi connectivity index (χ1v) is 4.10. The fourth-order valence-corrected chi connectivity index (χ4v) is 1.15. The summed E-state index contributed by atoms with van der Waals surface area (Å²) in [5, 5.41) is 8.83. The van der Waals surface area contributed by atoms with Crippen LogP contribution in [0.5, 0.6) is 5.75 Å². The van der Waals surface area contributed by atoms with Gasteiger partial charge in [0.15, 0.2) is 0 Å². The van der Waals surface area contributed by atoms with Crippen molar-refractivity contribution in [1.82, 2.24) is 0 Å². The second kappa shape index (κ2) is 4.33. The zero-order chi connectivity index (χ0) is 11.4. The molecule has 1 rings (SSSR count). The van der Waals surface area contributed by atoms with Gasteiger partial charge in [-0.05, 0) is 6.07 Å². The lowest BCUT2D eigenvalue weighted by molar-refractivity contribution is 0.0600. The summed E-state index contributed by atoms with van der Waals surface area (Å²) in [4.78, 5) is 11.3. The number of carbonyl (C=O) groups is 1. The Morgan fingerprint density at radius 3 is 2.60 bits per heavy atom. The lowest BCUT2D eigenvalue weighted by atomic mass is 10.1. The van der Waals surface area contributed by atoms with E-state index in [1.807, 2.05) is 6.07 Å². The number of hydrogen-bond donors (Lipinski definition) is 1. The molecule has 5 heteroatoms. The van der Waals surface area contributed by atoms with E-state index in [1.165, 1.54) is 26.4 Å². The van der Waals surface area contributed by atoms with Crippen molar-refractivity contribution in [3.8, 4) is 11.8 Å². The minimum absolute atomic E-state index is 0.0997. The number of nitrogens with zero attached hydrogens (tertiary/aromatic N) is 1. The number of nitriles is 1. The first kappa shape index (κ1) is 10.9. The van der Waals surface area contributed by atoms with Crippen molar-refractivity contribution in [1.29, 1.82) is 5.26 Å². The van der Waals surface area contributed by atoms with Crippen LogP contribution in [-0.2, 0) is 4.74 Å². The molecule has 0 saturated carbocycles. The third-order valence-corrected chi connectivity index (χ3v) is 1.90. The maximum Gasteiger partial charge on any atom is 0.339 e. The Morgan fingerprint density at radius 1 is 1.47 bits per heavy atom. The molecule has 0 radical (unpaired) electrons. The molecule has 0 atom stereocenters. The largest absolute Gasteiger partial charge is 0.497 e. The molecule has 0 aromatic heterocycles. The van der Waals surface area contributed by atoms with E-state index in [0.29, 0.717) is 5.75 Å². The highest BCUT2D eigenvalue weighted by Gasteiger charge is 2.16. The van der Waals surface area contributed by atoms with Crippen LogP contribution in [0.3, 0.4) is 0 Å². The second-order valence-corrected chi connectivity index (χ2v) is 2.74. The summed E-state index contributed by atoms with van der Waals surface area (Å²) in [6.45, 7) is 0. The lowest BCUT2D eigenvalue weighted by Crippen LogP contribution is -2.07. The van der Waals surface area contributed by atoms with Gasteiger partial charge in [0, 0.05) is 6.07 Å². The number of nitrogen functional groups attached to an aromatic ring is 1. The minimum Gasteiger partial charge on any atom is -0.497 e. The van der Waals surface area contributed by atoms with Crippen LogP contribution in [0, 0.1) is 11.3 Å². The normalized spacial score (nSPS) is 9.13. The quantitative estimate of drug-likeness (QED) is 0.574. The molecule has 0 unspecified atom stereocenters. The van der Waals surface area contributed by atoms with Gasteiger partial charge >= 0.3 is 5.97 Å². The maximum atomic E-state index is 11.3. The van der Waals surface area contributed by atoms with E-state index < -0.39 is 5.97 Å². The van der Waals surface area contributed by atoms with Crippen molar-refractivity contribution in [2.75, 3.05) is 20.0 Å². The van der Waals surface area contributed by atoms with E-state index in [1.54, 1.807) is 0 Å². The van der Waals surface area contributed by atoms with Crippen molar-refractivity contribution >= 4 is 11.7 Å². The van der Waals surface area contributed by atoms with Crippen LogP contribution in [0.2, 0.25) is 0 Å². The Kier molecular flexibility index (Phi) is 3.13. The Labute approximate surface area is 87.0 Å². The highest BCUT2D eigenvalue weighted by Crippen LogP contribution is 2.24. The molecule has 0 aliphatic carbocycles. The topological polar surface area (TPSA) is 85.3 Å². The van der Waals surface area contributed by atoms with Crippen molar-refractivity contribution in [3.05, 3.63) is 23.3 Å². The predicted molar refractivity (Wildman–Crippen MR) is 53.5 cm³/mol. The van der Waals surface area contributed by atoms with Gasteiger partial charge in [0.25, 0.3) is 0 Å². The Hall–Kier alpha value is -2.22. The summed E-state index contributed by atoms with van der Waals surface area (Å²) < 4.78 is 9.46. The highest BCUT2D eigenvalue weighted by molar-refractivity contribution is 5.94. The number of hydrogen-bond acceptors (Lipinski definition) is 5. The van der Waals surface area contributed by atoms with E-state index in [9.17, 15) is 4.79 Å². The van der Waals surface area contributed by atoms with Gasteiger partial charge < -0.3 is 15.2 Å². The van der Waals surface area contributed by atoms with Crippen LogP contribution in [-0.4, -0.2) is 20.2 Å². The van der Waals surface area contributed by atoms with E-state index in [-0.39, 0.29) is 16.8 Å². The fourth-order valence-electron chi connectivity index (χ4n) is 1.15. The number of rotatable bonds is 2. The third-order valence-electron chi connectivity index (χ3n) is 1.90. The smallest absolute Gasteiger partial charge is 0.339 e. The molecule has 5 nitrogen and oxygen atoms in total. The van der Waals surface area contributed by atoms with Gasteiger partial charge in [0.05, 0.1) is 31.0 Å². The predicted octanol–water partition coefficient (Wildman–Crippen LogP) is 0.936. The summed E-state index contributed by atoms with van der Waals surface area (Å²) >= 11 is 0. The number of anilines is 1. The molecule has 0 fully saturated rings. The van der Waals surface area contributed by atoms with Crippen molar-refractivity contribution in [3.63, 3.8) is 0 Å². The molecule has 1 aromatic rings. The number of benzene rings is 1. The zero-order valence-corrected chi connectivity index (χ0v) is 8.40. The van der Waals surface area contributed by atoms with Gasteiger partial charge in [-0.25, -0.2) is 4.79 Å². The molecule has 2 N–H and O–H groups in total. The molecule has 0 bridgehead atoms. The summed E-state index contributed by atoms with van der Waals surface area (Å²) in [6, 6.07) is 4.74. The number of carbonyl (C=O) groups excluding carboxylic acids is 1. The number of methoxy groups -OCH3 is 2. The second-order valence-electron chi connectivity index (χ2n) is 2.74. The first-order chi connectivity index (χ1) is 7.13. The monoisotopic (exact) mass is 206 g/mol. The van der Waals surface area contributed by atoms with Gasteiger partial charge in [0.2, 0.25) is 0 Å². The average Bonchev–Trinajstić information content (AvgIpc) is 2.26. The van der Waals surface area contributed by atoms with Gasteiger partial charge in [0.1, 0.15) is 11.8 Å². The van der Waals surface area contributed by atoms with E-state index in [0.717, 1.165) is 0 Å². The van der Waals surface area contributed by atoms with E-state index in [4.69, 9.17) is 15.7 Å². The Morgan fingerprint density at radius 2 is 2.13 bits per heavy atom. The van der Waals surface area contributed by atoms with E-state index in [2.05, 4.69) is 4.74 Å². The molecule has 0 amide bonds. The summed E-state index contributed by atoms with van der Waals surface area (Å²) in [5.41, 5.74) is 5.99. The molecular weight excluding hydrogens is 196 g/mol. The van der Waals surface area contributed by atoms with Gasteiger partial charge in [-0.3, -0.25) is 0 Å². The fraction of sp³-hybridized carbons (Fsp3) is 0.200. The molecule has 0 aliphatic rings. The van der Waals surface area contributed by atoms with Crippen LogP contribution >= 0.6 is 0 Å². The summed E-state index contributed by atoms with van der Waals surface area (Å²) in [6.07, 6.45) is 0. The molecule has 15 heavy (non-hydrogen) atoms. The van der Waals surface area contributed by atoms with Crippen LogP contribution in [0.25, 0.3) is 0 Å². The van der Waals surface area contributed by atoms with Crippen molar-refractivity contribution < 1.29 is 14.3 Å². The van der Waals surface area contributed by atoms with Gasteiger partial charge in [-0.15, -0.1) is 0 Å². The van der Waals surface area contributed by atoms with Crippen LogP contribution in [0.15, 0.2) is 12.1 Å². The third kappa shape index (κ3) is 1.99. The van der Waals surface area contributed by atoms with Crippen LogP contribution < -0.4 is 10.5 Å². The molecular formula is C10H10N2O3. The molecule has 0 heterocycles. The van der Waals surface area contributed by atoms with Crippen molar-refractivity contribution in [2.24, 2.45) is 0 Å². The zero-order valence-electron chi connectivity index (χ0n) is 8.40. The Balaban J connectivity index is 3.40. The minimum atomic E-state index is -0.614. The molecule has 0 saturated heterocycles. The van der Waals surface area contributed by atoms with Gasteiger partial charge in [-0.1, -0.05) is 0 Å². The molecule has 0 aliphatic heterocycles. The standard InChI is InChI=1S/C10H10N2O3/c1-14-6-3-7(10(13)15-2)8(5-11)9(12)4-6/h3-4H,12H2,1-2H3. The highest BCUT2D eigenvalue weighted by atomic mass is 16.5. The van der Waals surface area contributed by atoms with Gasteiger partial charge in [-0.2, -0.15) is 5.26 Å². The summed E-state index contributed by atoms with van der Waals surface area (Å²) in [5.74, 6) is -0.205.